The second-order valence-corrected chi connectivity index (χ2v) is 5.46. The Labute approximate surface area is 114 Å². The number of likely N-dealkylation sites (N-methyl/N-ethyl adjacent to an activating group) is 1. The summed E-state index contributed by atoms with van der Waals surface area (Å²) in [6, 6.07) is 10.1. The van der Waals surface area contributed by atoms with E-state index >= 15 is 0 Å². The Morgan fingerprint density at radius 2 is 1.83 bits per heavy atom. The van der Waals surface area contributed by atoms with E-state index in [1.807, 2.05) is 35.2 Å². The van der Waals surface area contributed by atoms with Crippen LogP contribution in [-0.4, -0.2) is 54.2 Å². The van der Waals surface area contributed by atoms with Gasteiger partial charge in [-0.1, -0.05) is 30.3 Å². The Balaban J connectivity index is 1.89. The Bertz CT molecular complexity index is 388. The summed E-state index contributed by atoms with van der Waals surface area (Å²) in [5.41, 5.74) is 1.17. The molecule has 1 fully saturated rings. The molecule has 2 rings (SSSR count). The Hall–Kier alpha value is -1.00. The number of hydrogen-bond donors (Lipinski definition) is 1. The highest BCUT2D eigenvalue weighted by molar-refractivity contribution is 7.81. The molecular formula is C14H20N2OS. The van der Waals surface area contributed by atoms with Crippen molar-refractivity contribution < 1.29 is 4.79 Å². The molecule has 1 heterocycles. The lowest BCUT2D eigenvalue weighted by atomic mass is 10.1. The van der Waals surface area contributed by atoms with Crippen LogP contribution in [0.25, 0.3) is 0 Å². The standard InChI is InChI=1S/C14H20N2OS/c1-15-7-9-16(10-8-15)14(17)13(18)11-12-5-3-2-4-6-12/h2-6,13,18H,7-11H2,1H3. The van der Waals surface area contributed by atoms with Crippen LogP contribution >= 0.6 is 12.6 Å². The summed E-state index contributed by atoms with van der Waals surface area (Å²) in [4.78, 5) is 16.4. The fourth-order valence-electron chi connectivity index (χ4n) is 2.16. The van der Waals surface area contributed by atoms with Crippen LogP contribution in [0.5, 0.6) is 0 Å². The average molecular weight is 264 g/mol. The minimum absolute atomic E-state index is 0.162. The van der Waals surface area contributed by atoms with Gasteiger partial charge in [-0.15, -0.1) is 0 Å². The van der Waals surface area contributed by atoms with Crippen molar-refractivity contribution in [3.05, 3.63) is 35.9 Å². The first-order valence-electron chi connectivity index (χ1n) is 6.36. The predicted molar refractivity (Wildman–Crippen MR) is 77.0 cm³/mol. The summed E-state index contributed by atoms with van der Waals surface area (Å²) in [5, 5.41) is -0.226. The normalized spacial score (nSPS) is 18.7. The maximum Gasteiger partial charge on any atom is 0.235 e. The maximum atomic E-state index is 12.2. The van der Waals surface area contributed by atoms with Gasteiger partial charge in [-0.3, -0.25) is 4.79 Å². The van der Waals surface area contributed by atoms with E-state index < -0.39 is 0 Å². The molecular weight excluding hydrogens is 244 g/mol. The molecule has 3 nitrogen and oxygen atoms in total. The number of carbonyl (C=O) groups is 1. The van der Waals surface area contributed by atoms with Crippen molar-refractivity contribution in [3.8, 4) is 0 Å². The summed E-state index contributed by atoms with van der Waals surface area (Å²) in [7, 11) is 2.09. The van der Waals surface area contributed by atoms with Gasteiger partial charge in [0, 0.05) is 26.2 Å². The zero-order valence-corrected chi connectivity index (χ0v) is 11.6. The number of piperazine rings is 1. The minimum Gasteiger partial charge on any atom is -0.339 e. The molecule has 1 aliphatic heterocycles. The third kappa shape index (κ3) is 3.50. The summed E-state index contributed by atoms with van der Waals surface area (Å²) in [6.07, 6.45) is 0.703. The first-order chi connectivity index (χ1) is 8.66. The minimum atomic E-state index is -0.226. The molecule has 0 bridgehead atoms. The molecule has 98 valence electrons. The van der Waals surface area contributed by atoms with Crippen molar-refractivity contribution in [1.29, 1.82) is 0 Å². The first-order valence-corrected chi connectivity index (χ1v) is 6.88. The predicted octanol–water partition coefficient (Wildman–Crippen LogP) is 1.30. The van der Waals surface area contributed by atoms with Crippen LogP contribution in [0, 0.1) is 0 Å². The fraction of sp³-hybridized carbons (Fsp3) is 0.500. The smallest absolute Gasteiger partial charge is 0.235 e. The molecule has 0 aliphatic carbocycles. The largest absolute Gasteiger partial charge is 0.339 e. The van der Waals surface area contributed by atoms with Gasteiger partial charge in [-0.05, 0) is 19.0 Å². The molecule has 0 aromatic heterocycles. The summed E-state index contributed by atoms with van der Waals surface area (Å²) < 4.78 is 0. The van der Waals surface area contributed by atoms with Crippen molar-refractivity contribution in [2.45, 2.75) is 11.7 Å². The highest BCUT2D eigenvalue weighted by Gasteiger charge is 2.24. The monoisotopic (exact) mass is 264 g/mol. The van der Waals surface area contributed by atoms with E-state index in [1.165, 1.54) is 5.56 Å². The van der Waals surface area contributed by atoms with Crippen molar-refractivity contribution in [2.75, 3.05) is 33.2 Å². The third-order valence-electron chi connectivity index (χ3n) is 3.37. The summed E-state index contributed by atoms with van der Waals surface area (Å²) in [5.74, 6) is 0.162. The highest BCUT2D eigenvalue weighted by Crippen LogP contribution is 2.12. The number of benzene rings is 1. The van der Waals surface area contributed by atoms with Crippen LogP contribution < -0.4 is 0 Å². The molecule has 1 atom stereocenters. The molecule has 1 aromatic carbocycles. The molecule has 18 heavy (non-hydrogen) atoms. The quantitative estimate of drug-likeness (QED) is 0.832. The Morgan fingerprint density at radius 3 is 2.44 bits per heavy atom. The number of hydrogen-bond acceptors (Lipinski definition) is 3. The van der Waals surface area contributed by atoms with Gasteiger partial charge in [0.1, 0.15) is 0 Å². The van der Waals surface area contributed by atoms with E-state index in [2.05, 4.69) is 24.6 Å². The molecule has 0 saturated carbocycles. The molecule has 0 N–H and O–H groups in total. The van der Waals surface area contributed by atoms with Crippen LogP contribution in [-0.2, 0) is 11.2 Å². The van der Waals surface area contributed by atoms with Crippen LogP contribution in [0.4, 0.5) is 0 Å². The number of amides is 1. The first kappa shape index (κ1) is 13.4. The van der Waals surface area contributed by atoms with Crippen LogP contribution in [0.3, 0.4) is 0 Å². The number of thiol groups is 1. The second kappa shape index (κ2) is 6.25. The molecule has 1 amide bonds. The molecule has 4 heteroatoms. The summed E-state index contributed by atoms with van der Waals surface area (Å²) in [6.45, 7) is 3.55. The lowest BCUT2D eigenvalue weighted by Gasteiger charge is -2.33. The number of nitrogens with zero attached hydrogens (tertiary/aromatic N) is 2. The molecule has 1 saturated heterocycles. The lowest BCUT2D eigenvalue weighted by Crippen LogP contribution is -2.49. The molecule has 1 aliphatic rings. The molecule has 1 unspecified atom stereocenters. The van der Waals surface area contributed by atoms with Crippen molar-refractivity contribution in [2.24, 2.45) is 0 Å². The van der Waals surface area contributed by atoms with E-state index in [-0.39, 0.29) is 11.2 Å². The van der Waals surface area contributed by atoms with Crippen molar-refractivity contribution >= 4 is 18.5 Å². The van der Waals surface area contributed by atoms with Crippen LogP contribution in [0.15, 0.2) is 30.3 Å². The van der Waals surface area contributed by atoms with E-state index in [0.717, 1.165) is 26.2 Å². The van der Waals surface area contributed by atoms with Crippen LogP contribution in [0.2, 0.25) is 0 Å². The highest BCUT2D eigenvalue weighted by atomic mass is 32.1. The Kier molecular flexibility index (Phi) is 4.66. The van der Waals surface area contributed by atoms with Gasteiger partial charge in [-0.2, -0.15) is 12.6 Å². The van der Waals surface area contributed by atoms with Gasteiger partial charge < -0.3 is 9.80 Å². The van der Waals surface area contributed by atoms with Gasteiger partial charge in [0.25, 0.3) is 0 Å². The molecule has 0 spiro atoms. The van der Waals surface area contributed by atoms with E-state index in [1.54, 1.807) is 0 Å². The van der Waals surface area contributed by atoms with Gasteiger partial charge in [0.2, 0.25) is 5.91 Å². The number of rotatable bonds is 3. The van der Waals surface area contributed by atoms with E-state index in [9.17, 15) is 4.79 Å². The fourth-order valence-corrected chi connectivity index (χ4v) is 2.54. The average Bonchev–Trinajstić information content (AvgIpc) is 2.40. The zero-order chi connectivity index (χ0) is 13.0. The van der Waals surface area contributed by atoms with Crippen molar-refractivity contribution in [1.82, 2.24) is 9.80 Å². The van der Waals surface area contributed by atoms with Gasteiger partial charge in [-0.25, -0.2) is 0 Å². The van der Waals surface area contributed by atoms with Gasteiger partial charge in [0.15, 0.2) is 0 Å². The van der Waals surface area contributed by atoms with E-state index in [4.69, 9.17) is 0 Å². The van der Waals surface area contributed by atoms with Gasteiger partial charge >= 0.3 is 0 Å². The van der Waals surface area contributed by atoms with Crippen molar-refractivity contribution in [3.63, 3.8) is 0 Å². The topological polar surface area (TPSA) is 23.6 Å². The second-order valence-electron chi connectivity index (χ2n) is 4.83. The van der Waals surface area contributed by atoms with E-state index in [0.29, 0.717) is 6.42 Å². The maximum absolute atomic E-state index is 12.2. The zero-order valence-electron chi connectivity index (χ0n) is 10.7. The third-order valence-corrected chi connectivity index (χ3v) is 3.78. The number of carbonyl (C=O) groups excluding carboxylic acids is 1. The molecule has 0 radical (unpaired) electrons. The molecule has 1 aromatic rings. The lowest BCUT2D eigenvalue weighted by molar-refractivity contribution is -0.132. The summed E-state index contributed by atoms with van der Waals surface area (Å²) >= 11 is 4.46. The van der Waals surface area contributed by atoms with Crippen LogP contribution in [0.1, 0.15) is 5.56 Å². The Morgan fingerprint density at radius 1 is 1.22 bits per heavy atom. The SMILES string of the molecule is CN1CCN(C(=O)C(S)Cc2ccccc2)CC1. The van der Waals surface area contributed by atoms with Gasteiger partial charge in [0.05, 0.1) is 5.25 Å².